The van der Waals surface area contributed by atoms with Gasteiger partial charge in [-0.1, -0.05) is 12.1 Å². The molecule has 0 unspecified atom stereocenters. The van der Waals surface area contributed by atoms with Gasteiger partial charge in [0, 0.05) is 30.6 Å². The highest BCUT2D eigenvalue weighted by Crippen LogP contribution is 2.20. The highest BCUT2D eigenvalue weighted by atomic mass is 32.2. The fraction of sp³-hybridized carbons (Fsp3) is 0.286. The van der Waals surface area contributed by atoms with E-state index in [1.165, 1.54) is 35.7 Å². The second-order valence-electron chi connectivity index (χ2n) is 6.31. The van der Waals surface area contributed by atoms with Crippen molar-refractivity contribution in [2.24, 2.45) is 0 Å². The molecular weight excluding hydrogens is 393 g/mol. The lowest BCUT2D eigenvalue weighted by atomic mass is 10.2. The van der Waals surface area contributed by atoms with Crippen molar-refractivity contribution < 1.29 is 18.8 Å². The number of halogens is 1. The van der Waals surface area contributed by atoms with Crippen LogP contribution in [0, 0.1) is 5.82 Å². The SMILES string of the molecule is CCN(CC(=O)NCc1ccc(F)cc1)C(=O)CSc1ccc(NC(C)=O)cc1. The topological polar surface area (TPSA) is 78.5 Å². The molecule has 0 saturated carbocycles. The maximum atomic E-state index is 12.9. The van der Waals surface area contributed by atoms with Crippen LogP contribution in [0.2, 0.25) is 0 Å². The fourth-order valence-corrected chi connectivity index (χ4v) is 3.28. The third-order valence-corrected chi connectivity index (χ3v) is 5.01. The van der Waals surface area contributed by atoms with Crippen molar-refractivity contribution in [3.63, 3.8) is 0 Å². The molecule has 0 bridgehead atoms. The molecule has 0 aliphatic carbocycles. The smallest absolute Gasteiger partial charge is 0.239 e. The van der Waals surface area contributed by atoms with E-state index >= 15 is 0 Å². The number of hydrogen-bond acceptors (Lipinski definition) is 4. The van der Waals surface area contributed by atoms with Gasteiger partial charge in [-0.05, 0) is 48.9 Å². The van der Waals surface area contributed by atoms with E-state index in [-0.39, 0.29) is 42.4 Å². The summed E-state index contributed by atoms with van der Waals surface area (Å²) < 4.78 is 12.9. The predicted octanol–water partition coefficient (Wildman–Crippen LogP) is 3.04. The Kier molecular flexibility index (Phi) is 8.67. The number of rotatable bonds is 9. The average molecular weight is 418 g/mol. The predicted molar refractivity (Wildman–Crippen MR) is 112 cm³/mol. The minimum absolute atomic E-state index is 0.0292. The van der Waals surface area contributed by atoms with Gasteiger partial charge in [-0.15, -0.1) is 11.8 Å². The Morgan fingerprint density at radius 2 is 1.69 bits per heavy atom. The van der Waals surface area contributed by atoms with E-state index in [9.17, 15) is 18.8 Å². The molecule has 2 N–H and O–H groups in total. The van der Waals surface area contributed by atoms with Crippen molar-refractivity contribution in [1.82, 2.24) is 10.2 Å². The Labute approximate surface area is 173 Å². The van der Waals surface area contributed by atoms with E-state index in [2.05, 4.69) is 10.6 Å². The van der Waals surface area contributed by atoms with Gasteiger partial charge in [0.05, 0.1) is 12.3 Å². The summed E-state index contributed by atoms with van der Waals surface area (Å²) in [7, 11) is 0. The molecule has 0 aromatic heterocycles. The quantitative estimate of drug-likeness (QED) is 0.615. The summed E-state index contributed by atoms with van der Waals surface area (Å²) in [4.78, 5) is 38.0. The number of carbonyl (C=O) groups is 3. The maximum Gasteiger partial charge on any atom is 0.239 e. The molecule has 2 aromatic carbocycles. The molecule has 0 radical (unpaired) electrons. The Morgan fingerprint density at radius 1 is 1.03 bits per heavy atom. The van der Waals surface area contributed by atoms with Gasteiger partial charge in [-0.2, -0.15) is 0 Å². The molecule has 2 aromatic rings. The van der Waals surface area contributed by atoms with Gasteiger partial charge in [0.25, 0.3) is 0 Å². The summed E-state index contributed by atoms with van der Waals surface area (Å²) in [5.74, 6) is -0.671. The molecule has 0 aliphatic heterocycles. The van der Waals surface area contributed by atoms with Crippen LogP contribution in [0.15, 0.2) is 53.4 Å². The first-order valence-corrected chi connectivity index (χ1v) is 10.1. The van der Waals surface area contributed by atoms with Gasteiger partial charge in [-0.25, -0.2) is 4.39 Å². The summed E-state index contributed by atoms with van der Waals surface area (Å²) in [6.07, 6.45) is 0. The number of anilines is 1. The first-order valence-electron chi connectivity index (χ1n) is 9.16. The van der Waals surface area contributed by atoms with Gasteiger partial charge in [0.15, 0.2) is 0 Å². The highest BCUT2D eigenvalue weighted by Gasteiger charge is 2.15. The Hall–Kier alpha value is -2.87. The van der Waals surface area contributed by atoms with E-state index in [4.69, 9.17) is 0 Å². The number of benzene rings is 2. The van der Waals surface area contributed by atoms with Gasteiger partial charge in [0.2, 0.25) is 17.7 Å². The molecule has 154 valence electrons. The lowest BCUT2D eigenvalue weighted by Crippen LogP contribution is -2.41. The minimum atomic E-state index is -0.329. The van der Waals surface area contributed by atoms with E-state index in [0.717, 1.165) is 10.5 Å². The van der Waals surface area contributed by atoms with Gasteiger partial charge >= 0.3 is 0 Å². The Bertz CT molecular complexity index is 841. The van der Waals surface area contributed by atoms with Crippen LogP contribution in [0.5, 0.6) is 0 Å². The largest absolute Gasteiger partial charge is 0.350 e. The van der Waals surface area contributed by atoms with Crippen LogP contribution in [0.4, 0.5) is 10.1 Å². The van der Waals surface area contributed by atoms with E-state index in [1.807, 2.05) is 19.1 Å². The van der Waals surface area contributed by atoms with Crippen molar-refractivity contribution in [3.05, 3.63) is 59.9 Å². The molecule has 0 aliphatic rings. The molecule has 0 heterocycles. The zero-order valence-electron chi connectivity index (χ0n) is 16.4. The van der Waals surface area contributed by atoms with E-state index in [0.29, 0.717) is 12.2 Å². The zero-order chi connectivity index (χ0) is 21.2. The Morgan fingerprint density at radius 3 is 2.28 bits per heavy atom. The molecule has 3 amide bonds. The minimum Gasteiger partial charge on any atom is -0.350 e. The summed E-state index contributed by atoms with van der Waals surface area (Å²) in [5.41, 5.74) is 1.48. The monoisotopic (exact) mass is 417 g/mol. The first kappa shape index (κ1) is 22.4. The van der Waals surface area contributed by atoms with Crippen LogP contribution in [0.25, 0.3) is 0 Å². The van der Waals surface area contributed by atoms with Gasteiger partial charge in [-0.3, -0.25) is 14.4 Å². The van der Waals surface area contributed by atoms with Crippen molar-refractivity contribution >= 4 is 35.2 Å². The number of nitrogens with one attached hydrogen (secondary N) is 2. The summed E-state index contributed by atoms with van der Waals surface area (Å²) in [5, 5.41) is 5.42. The number of amides is 3. The second kappa shape index (κ2) is 11.2. The molecule has 0 spiro atoms. The van der Waals surface area contributed by atoms with Crippen molar-refractivity contribution in [2.45, 2.75) is 25.3 Å². The number of nitrogens with zero attached hydrogens (tertiary/aromatic N) is 1. The van der Waals surface area contributed by atoms with Crippen LogP contribution in [0.3, 0.4) is 0 Å². The normalized spacial score (nSPS) is 10.3. The zero-order valence-corrected chi connectivity index (χ0v) is 17.2. The standard InChI is InChI=1S/C21H24FN3O3S/c1-3-25(13-20(27)23-12-16-4-6-17(22)7-5-16)21(28)14-29-19-10-8-18(9-11-19)24-15(2)26/h4-11H,3,12-14H2,1-2H3,(H,23,27)(H,24,26). The summed E-state index contributed by atoms with van der Waals surface area (Å²) in [6, 6.07) is 13.1. The number of carbonyl (C=O) groups excluding carboxylic acids is 3. The number of thioether (sulfide) groups is 1. The van der Waals surface area contributed by atoms with Crippen LogP contribution < -0.4 is 10.6 Å². The molecule has 6 nitrogen and oxygen atoms in total. The number of likely N-dealkylation sites (N-methyl/N-ethyl adjacent to an activating group) is 1. The number of hydrogen-bond donors (Lipinski definition) is 2. The fourth-order valence-electron chi connectivity index (χ4n) is 2.48. The van der Waals surface area contributed by atoms with Crippen LogP contribution >= 0.6 is 11.8 Å². The molecule has 0 fully saturated rings. The molecule has 2 rings (SSSR count). The molecular formula is C21H24FN3O3S. The summed E-state index contributed by atoms with van der Waals surface area (Å²) >= 11 is 1.37. The lowest BCUT2D eigenvalue weighted by Gasteiger charge is -2.20. The van der Waals surface area contributed by atoms with Crippen molar-refractivity contribution in [1.29, 1.82) is 0 Å². The van der Waals surface area contributed by atoms with Crippen molar-refractivity contribution in [3.8, 4) is 0 Å². The van der Waals surface area contributed by atoms with Crippen molar-refractivity contribution in [2.75, 3.05) is 24.2 Å². The third kappa shape index (κ3) is 7.95. The van der Waals surface area contributed by atoms with Gasteiger partial charge < -0.3 is 15.5 Å². The second-order valence-corrected chi connectivity index (χ2v) is 7.35. The average Bonchev–Trinajstić information content (AvgIpc) is 2.70. The highest BCUT2D eigenvalue weighted by molar-refractivity contribution is 8.00. The van der Waals surface area contributed by atoms with E-state index in [1.54, 1.807) is 24.3 Å². The third-order valence-electron chi connectivity index (χ3n) is 4.01. The Balaban J connectivity index is 1.79. The lowest BCUT2D eigenvalue weighted by molar-refractivity contribution is -0.133. The van der Waals surface area contributed by atoms with Gasteiger partial charge in [0.1, 0.15) is 5.82 Å². The summed E-state index contributed by atoms with van der Waals surface area (Å²) in [6.45, 7) is 3.93. The van der Waals surface area contributed by atoms with Crippen LogP contribution in [0.1, 0.15) is 19.4 Å². The molecule has 0 saturated heterocycles. The molecule has 0 atom stereocenters. The van der Waals surface area contributed by atoms with Crippen LogP contribution in [-0.2, 0) is 20.9 Å². The molecule has 29 heavy (non-hydrogen) atoms. The first-order chi connectivity index (χ1) is 13.9. The van der Waals surface area contributed by atoms with Crippen LogP contribution in [-0.4, -0.2) is 41.5 Å². The van der Waals surface area contributed by atoms with E-state index < -0.39 is 0 Å². The maximum absolute atomic E-state index is 12.9. The molecule has 8 heteroatoms.